The van der Waals surface area contributed by atoms with E-state index in [0.29, 0.717) is 27.0 Å². The Labute approximate surface area is 231 Å². The van der Waals surface area contributed by atoms with Gasteiger partial charge in [0.2, 0.25) is 5.91 Å². The van der Waals surface area contributed by atoms with Crippen molar-refractivity contribution in [3.8, 4) is 0 Å². The predicted molar refractivity (Wildman–Crippen MR) is 147 cm³/mol. The van der Waals surface area contributed by atoms with Crippen LogP contribution in [0, 0.1) is 5.92 Å². The van der Waals surface area contributed by atoms with Gasteiger partial charge in [0.25, 0.3) is 5.91 Å². The number of aromatic nitrogens is 1. The third-order valence-corrected chi connectivity index (χ3v) is 7.63. The molecule has 0 aliphatic heterocycles. The van der Waals surface area contributed by atoms with E-state index in [9.17, 15) is 9.59 Å². The Morgan fingerprint density at radius 2 is 1.53 bits per heavy atom. The lowest BCUT2D eigenvalue weighted by Gasteiger charge is -2.11. The number of hydrogen-bond acceptors (Lipinski definition) is 3. The standard InChI is InChI=1S/C26H16Cl5N3O2/c27-15-8-14(9-16(28)10-15)22-23(26(22,30)31)25(36)34-17-5-6-20(29)19(11-17)24(35)33-18-4-3-13-2-1-7-32-21(13)12-18/h1-12,22-23H,(H,33,35)(H,34,36). The molecule has 1 aromatic heterocycles. The maximum atomic E-state index is 13.0. The molecule has 2 atom stereocenters. The van der Waals surface area contributed by atoms with Crippen LogP contribution >= 0.6 is 58.0 Å². The van der Waals surface area contributed by atoms with Gasteiger partial charge in [-0.3, -0.25) is 14.6 Å². The number of amides is 2. The summed E-state index contributed by atoms with van der Waals surface area (Å²) in [4.78, 5) is 30.3. The summed E-state index contributed by atoms with van der Waals surface area (Å²) in [6, 6.07) is 18.7. The minimum Gasteiger partial charge on any atom is -0.326 e. The fourth-order valence-corrected chi connectivity index (χ4v) is 5.74. The zero-order valence-electron chi connectivity index (χ0n) is 18.2. The fraction of sp³-hybridized carbons (Fsp3) is 0.115. The molecule has 1 heterocycles. The van der Waals surface area contributed by atoms with E-state index in [-0.39, 0.29) is 10.6 Å². The number of fused-ring (bicyclic) bond motifs is 1. The summed E-state index contributed by atoms with van der Waals surface area (Å²) in [6.45, 7) is 0. The van der Waals surface area contributed by atoms with Gasteiger partial charge in [-0.15, -0.1) is 23.2 Å². The first kappa shape index (κ1) is 25.1. The first-order chi connectivity index (χ1) is 17.1. The number of alkyl halides is 2. The van der Waals surface area contributed by atoms with Crippen LogP contribution < -0.4 is 10.6 Å². The van der Waals surface area contributed by atoms with Crippen molar-refractivity contribution in [3.63, 3.8) is 0 Å². The highest BCUT2D eigenvalue weighted by Gasteiger charge is 2.67. The third-order valence-electron chi connectivity index (χ3n) is 5.92. The Morgan fingerprint density at radius 3 is 2.28 bits per heavy atom. The number of carbonyl (C=O) groups is 2. The lowest BCUT2D eigenvalue weighted by Crippen LogP contribution is -2.18. The van der Waals surface area contributed by atoms with Crippen LogP contribution in [-0.4, -0.2) is 21.1 Å². The third kappa shape index (κ3) is 4.99. The van der Waals surface area contributed by atoms with Crippen molar-refractivity contribution in [1.82, 2.24) is 4.98 Å². The molecule has 1 aliphatic carbocycles. The van der Waals surface area contributed by atoms with Crippen molar-refractivity contribution >= 4 is 92.1 Å². The second-order valence-electron chi connectivity index (χ2n) is 8.38. The van der Waals surface area contributed by atoms with Gasteiger partial charge in [-0.2, -0.15) is 0 Å². The molecule has 36 heavy (non-hydrogen) atoms. The van der Waals surface area contributed by atoms with Gasteiger partial charge in [0.1, 0.15) is 4.33 Å². The molecule has 0 saturated heterocycles. The topological polar surface area (TPSA) is 71.1 Å². The number of pyridine rings is 1. The van der Waals surface area contributed by atoms with E-state index < -0.39 is 28.0 Å². The number of hydrogen-bond donors (Lipinski definition) is 2. The van der Waals surface area contributed by atoms with Gasteiger partial charge in [0, 0.05) is 38.9 Å². The van der Waals surface area contributed by atoms with Crippen LogP contribution in [0.4, 0.5) is 11.4 Å². The minimum atomic E-state index is -1.32. The number of rotatable bonds is 5. The molecule has 182 valence electrons. The normalized spacial score (nSPS) is 18.0. The van der Waals surface area contributed by atoms with E-state index in [1.807, 2.05) is 18.2 Å². The van der Waals surface area contributed by atoms with Crippen LogP contribution in [0.15, 0.2) is 72.9 Å². The molecular formula is C26H16Cl5N3O2. The van der Waals surface area contributed by atoms with Gasteiger partial charge in [-0.05, 0) is 60.2 Å². The summed E-state index contributed by atoms with van der Waals surface area (Å²) in [5.41, 5.74) is 2.53. The van der Waals surface area contributed by atoms with E-state index in [2.05, 4.69) is 15.6 Å². The Hall–Kier alpha value is -2.54. The van der Waals surface area contributed by atoms with Gasteiger partial charge in [0.15, 0.2) is 0 Å². The number of nitrogens with one attached hydrogen (secondary N) is 2. The molecule has 0 spiro atoms. The lowest BCUT2D eigenvalue weighted by molar-refractivity contribution is -0.117. The average molecular weight is 580 g/mol. The van der Waals surface area contributed by atoms with E-state index in [4.69, 9.17) is 58.0 Å². The molecule has 5 rings (SSSR count). The van der Waals surface area contributed by atoms with Crippen molar-refractivity contribution in [3.05, 3.63) is 99.1 Å². The molecule has 2 N–H and O–H groups in total. The second-order valence-corrected chi connectivity index (χ2v) is 11.1. The summed E-state index contributed by atoms with van der Waals surface area (Å²) in [5, 5.41) is 7.61. The SMILES string of the molecule is O=C(Nc1ccc2cccnc2c1)c1cc(NC(=O)C2C(c3cc(Cl)cc(Cl)c3)C2(Cl)Cl)ccc1Cl. The second kappa shape index (κ2) is 9.73. The largest absolute Gasteiger partial charge is 0.326 e. The van der Waals surface area contributed by atoms with Crippen LogP contribution in [0.3, 0.4) is 0 Å². The average Bonchev–Trinajstić information content (AvgIpc) is 3.41. The maximum Gasteiger partial charge on any atom is 0.257 e. The molecule has 0 radical (unpaired) electrons. The molecule has 10 heteroatoms. The van der Waals surface area contributed by atoms with E-state index in [1.54, 1.807) is 42.6 Å². The summed E-state index contributed by atoms with van der Waals surface area (Å²) < 4.78 is -1.32. The number of anilines is 2. The van der Waals surface area contributed by atoms with Crippen molar-refractivity contribution in [2.75, 3.05) is 10.6 Å². The molecule has 1 fully saturated rings. The first-order valence-corrected chi connectivity index (χ1v) is 12.6. The van der Waals surface area contributed by atoms with E-state index >= 15 is 0 Å². The summed E-state index contributed by atoms with van der Waals surface area (Å²) >= 11 is 31.4. The molecule has 2 unspecified atom stereocenters. The molecule has 5 nitrogen and oxygen atoms in total. The predicted octanol–water partition coefficient (Wildman–Crippen LogP) is 7.97. The quantitative estimate of drug-likeness (QED) is 0.236. The molecule has 2 amide bonds. The molecule has 1 aliphatic rings. The van der Waals surface area contributed by atoms with Crippen molar-refractivity contribution in [2.24, 2.45) is 5.92 Å². The zero-order chi connectivity index (χ0) is 25.6. The summed E-state index contributed by atoms with van der Waals surface area (Å²) in [6.07, 6.45) is 1.68. The Bertz CT molecular complexity index is 1500. The molecule has 0 bridgehead atoms. The molecule has 3 aromatic carbocycles. The maximum absolute atomic E-state index is 13.0. The Balaban J connectivity index is 1.33. The van der Waals surface area contributed by atoms with Crippen LogP contribution in [0.2, 0.25) is 15.1 Å². The fourth-order valence-electron chi connectivity index (χ4n) is 4.16. The number of carbonyl (C=O) groups excluding carboxylic acids is 2. The van der Waals surface area contributed by atoms with E-state index in [1.165, 1.54) is 12.1 Å². The zero-order valence-corrected chi connectivity index (χ0v) is 22.0. The van der Waals surface area contributed by atoms with Crippen LogP contribution in [0.25, 0.3) is 10.9 Å². The highest BCUT2D eigenvalue weighted by atomic mass is 35.5. The Kier molecular flexibility index (Phi) is 6.79. The van der Waals surface area contributed by atoms with Crippen molar-refractivity contribution in [1.29, 1.82) is 0 Å². The highest BCUT2D eigenvalue weighted by molar-refractivity contribution is 6.53. The molecular weight excluding hydrogens is 564 g/mol. The van der Waals surface area contributed by atoms with Crippen LogP contribution in [0.5, 0.6) is 0 Å². The number of nitrogens with zero attached hydrogens (tertiary/aromatic N) is 1. The van der Waals surface area contributed by atoms with Gasteiger partial charge < -0.3 is 10.6 Å². The summed E-state index contributed by atoms with van der Waals surface area (Å²) in [7, 11) is 0. The van der Waals surface area contributed by atoms with Gasteiger partial charge in [-0.1, -0.05) is 46.9 Å². The monoisotopic (exact) mass is 577 g/mol. The van der Waals surface area contributed by atoms with E-state index in [0.717, 1.165) is 10.9 Å². The van der Waals surface area contributed by atoms with Crippen LogP contribution in [-0.2, 0) is 4.79 Å². The number of benzene rings is 3. The lowest BCUT2D eigenvalue weighted by atomic mass is 10.1. The van der Waals surface area contributed by atoms with Crippen LogP contribution in [0.1, 0.15) is 21.8 Å². The number of halogens is 5. The van der Waals surface area contributed by atoms with Crippen molar-refractivity contribution in [2.45, 2.75) is 10.3 Å². The molecule has 4 aromatic rings. The molecule has 1 saturated carbocycles. The Morgan fingerprint density at radius 1 is 0.833 bits per heavy atom. The minimum absolute atomic E-state index is 0.188. The van der Waals surface area contributed by atoms with Gasteiger partial charge in [0.05, 0.1) is 22.0 Å². The smallest absolute Gasteiger partial charge is 0.257 e. The van der Waals surface area contributed by atoms with Crippen molar-refractivity contribution < 1.29 is 9.59 Å². The first-order valence-electron chi connectivity index (χ1n) is 10.7. The van der Waals surface area contributed by atoms with Gasteiger partial charge in [-0.25, -0.2) is 0 Å². The summed E-state index contributed by atoms with van der Waals surface area (Å²) in [5.74, 6) is -2.08. The van der Waals surface area contributed by atoms with Gasteiger partial charge >= 0.3 is 0 Å². The highest BCUT2D eigenvalue weighted by Crippen LogP contribution is 2.65.